The van der Waals surface area contributed by atoms with Crippen LogP contribution >= 0.6 is 0 Å². The fourth-order valence-electron chi connectivity index (χ4n) is 3.91. The number of carbonyl (C=O) groups excluding carboxylic acids is 3. The number of hydrogen-bond donors (Lipinski definition) is 0. The van der Waals surface area contributed by atoms with Crippen LogP contribution in [0.5, 0.6) is 0 Å². The van der Waals surface area contributed by atoms with Crippen molar-refractivity contribution in [3.8, 4) is 0 Å². The van der Waals surface area contributed by atoms with Crippen LogP contribution in [-0.4, -0.2) is 58.0 Å². The maximum atomic E-state index is 13.0. The molecule has 0 unspecified atom stereocenters. The zero-order valence-corrected chi connectivity index (χ0v) is 17.8. The molecular formula is C22H24N4O5. The number of urea groups is 1. The second kappa shape index (κ2) is 8.25. The molecule has 2 aromatic rings. The summed E-state index contributed by atoms with van der Waals surface area (Å²) in [5, 5.41) is 3.97. The van der Waals surface area contributed by atoms with E-state index in [1.165, 1.54) is 16.9 Å². The van der Waals surface area contributed by atoms with E-state index in [2.05, 4.69) is 10.1 Å². The van der Waals surface area contributed by atoms with E-state index in [0.717, 1.165) is 22.6 Å². The van der Waals surface area contributed by atoms with Gasteiger partial charge in [-0.15, -0.1) is 0 Å². The van der Waals surface area contributed by atoms with Gasteiger partial charge in [-0.1, -0.05) is 17.3 Å². The van der Waals surface area contributed by atoms with Crippen molar-refractivity contribution in [2.45, 2.75) is 33.4 Å². The van der Waals surface area contributed by atoms with Gasteiger partial charge in [-0.05, 0) is 31.5 Å². The number of aromatic nitrogens is 1. The first-order valence-electron chi connectivity index (χ1n) is 10.0. The van der Waals surface area contributed by atoms with Crippen molar-refractivity contribution in [3.05, 3.63) is 64.3 Å². The number of aryl methyl sites for hydroxylation is 2. The SMILES string of the molecule is COC(=O)c1cccc(CN2CC(=O)N(C3=CN(Cc4c(C)noc4C)CC3)C2=O)c1. The van der Waals surface area contributed by atoms with Crippen molar-refractivity contribution in [3.63, 3.8) is 0 Å². The maximum Gasteiger partial charge on any atom is 0.337 e. The molecule has 31 heavy (non-hydrogen) atoms. The summed E-state index contributed by atoms with van der Waals surface area (Å²) in [6.45, 7) is 5.33. The van der Waals surface area contributed by atoms with E-state index in [1.54, 1.807) is 18.2 Å². The Morgan fingerprint density at radius 1 is 1.23 bits per heavy atom. The van der Waals surface area contributed by atoms with Gasteiger partial charge in [0, 0.05) is 43.5 Å². The lowest BCUT2D eigenvalue weighted by molar-refractivity contribution is -0.124. The van der Waals surface area contributed by atoms with Crippen molar-refractivity contribution < 1.29 is 23.6 Å². The molecule has 0 radical (unpaired) electrons. The molecule has 9 heteroatoms. The monoisotopic (exact) mass is 424 g/mol. The van der Waals surface area contributed by atoms with Gasteiger partial charge in [0.2, 0.25) is 0 Å². The molecule has 4 rings (SSSR count). The van der Waals surface area contributed by atoms with Crippen LogP contribution in [0.1, 0.15) is 39.4 Å². The van der Waals surface area contributed by atoms with Gasteiger partial charge in [-0.2, -0.15) is 0 Å². The number of amides is 3. The molecule has 1 fully saturated rings. The minimum atomic E-state index is -0.443. The minimum Gasteiger partial charge on any atom is -0.465 e. The molecule has 0 aliphatic carbocycles. The summed E-state index contributed by atoms with van der Waals surface area (Å²) in [5.74, 6) is 0.0781. The largest absolute Gasteiger partial charge is 0.465 e. The number of imide groups is 1. The van der Waals surface area contributed by atoms with Crippen molar-refractivity contribution >= 4 is 17.9 Å². The molecule has 0 saturated carbocycles. The number of rotatable bonds is 6. The highest BCUT2D eigenvalue weighted by Crippen LogP contribution is 2.27. The van der Waals surface area contributed by atoms with E-state index in [0.29, 0.717) is 30.8 Å². The summed E-state index contributed by atoms with van der Waals surface area (Å²) < 4.78 is 9.96. The Labute approximate surface area is 179 Å². The Morgan fingerprint density at radius 2 is 2.03 bits per heavy atom. The van der Waals surface area contributed by atoms with E-state index in [9.17, 15) is 14.4 Å². The molecule has 0 N–H and O–H groups in total. The van der Waals surface area contributed by atoms with Crippen LogP contribution in [0.25, 0.3) is 0 Å². The Bertz CT molecular complexity index is 1050. The molecule has 0 bridgehead atoms. The molecule has 3 amide bonds. The van der Waals surface area contributed by atoms with Crippen molar-refractivity contribution in [2.75, 3.05) is 20.2 Å². The van der Waals surface area contributed by atoms with Crippen molar-refractivity contribution in [1.29, 1.82) is 0 Å². The summed E-state index contributed by atoms with van der Waals surface area (Å²) in [7, 11) is 1.32. The van der Waals surface area contributed by atoms with Gasteiger partial charge in [0.15, 0.2) is 0 Å². The normalized spacial score (nSPS) is 16.4. The van der Waals surface area contributed by atoms with Crippen LogP contribution in [0.2, 0.25) is 0 Å². The van der Waals surface area contributed by atoms with Gasteiger partial charge in [0.25, 0.3) is 5.91 Å². The molecule has 2 aliphatic heterocycles. The Hall–Kier alpha value is -3.62. The fraction of sp³-hybridized carbons (Fsp3) is 0.364. The molecule has 3 heterocycles. The standard InChI is InChI=1S/C22H24N4O5/c1-14-19(15(2)31-23-14)12-24-8-7-18(11-24)26-20(27)13-25(22(26)29)10-16-5-4-6-17(9-16)21(28)30-3/h4-6,9,11H,7-8,10,12-13H2,1-3H3. The van der Waals surface area contributed by atoms with Gasteiger partial charge in [0.1, 0.15) is 12.3 Å². The number of methoxy groups -OCH3 is 1. The van der Waals surface area contributed by atoms with Crippen LogP contribution < -0.4 is 0 Å². The molecule has 0 atom stereocenters. The zero-order valence-electron chi connectivity index (χ0n) is 17.8. The average Bonchev–Trinajstić information content (AvgIpc) is 3.42. The van der Waals surface area contributed by atoms with Crippen molar-refractivity contribution in [2.24, 2.45) is 0 Å². The van der Waals surface area contributed by atoms with Crippen LogP contribution in [-0.2, 0) is 22.6 Å². The van der Waals surface area contributed by atoms with Gasteiger partial charge in [-0.25, -0.2) is 14.5 Å². The summed E-state index contributed by atoms with van der Waals surface area (Å²) >= 11 is 0. The first-order valence-corrected chi connectivity index (χ1v) is 10.0. The fourth-order valence-corrected chi connectivity index (χ4v) is 3.91. The zero-order chi connectivity index (χ0) is 22.1. The highest BCUT2D eigenvalue weighted by atomic mass is 16.5. The van der Waals surface area contributed by atoms with E-state index >= 15 is 0 Å². The number of nitrogens with zero attached hydrogens (tertiary/aromatic N) is 4. The molecule has 162 valence electrons. The van der Waals surface area contributed by atoms with Gasteiger partial charge >= 0.3 is 12.0 Å². The van der Waals surface area contributed by atoms with Crippen LogP contribution in [0.15, 0.2) is 40.7 Å². The highest BCUT2D eigenvalue weighted by molar-refractivity contribution is 6.03. The predicted octanol–water partition coefficient (Wildman–Crippen LogP) is 2.59. The molecular weight excluding hydrogens is 400 g/mol. The number of hydrogen-bond acceptors (Lipinski definition) is 7. The lowest BCUT2D eigenvalue weighted by atomic mass is 10.1. The number of esters is 1. The summed E-state index contributed by atoms with van der Waals surface area (Å²) in [4.78, 5) is 42.1. The second-order valence-corrected chi connectivity index (χ2v) is 7.70. The molecule has 1 aromatic heterocycles. The topological polar surface area (TPSA) is 96.2 Å². The smallest absolute Gasteiger partial charge is 0.337 e. The van der Waals surface area contributed by atoms with Crippen LogP contribution in [0, 0.1) is 13.8 Å². The van der Waals surface area contributed by atoms with Crippen LogP contribution in [0.4, 0.5) is 4.79 Å². The summed E-state index contributed by atoms with van der Waals surface area (Å²) in [6, 6.07) is 6.52. The summed E-state index contributed by atoms with van der Waals surface area (Å²) in [6.07, 6.45) is 2.47. The molecule has 1 saturated heterocycles. The quantitative estimate of drug-likeness (QED) is 0.519. The molecule has 9 nitrogen and oxygen atoms in total. The van der Waals surface area contributed by atoms with E-state index in [4.69, 9.17) is 9.26 Å². The molecule has 2 aliphatic rings. The lowest BCUT2D eigenvalue weighted by Gasteiger charge is -2.18. The highest BCUT2D eigenvalue weighted by Gasteiger charge is 2.39. The third kappa shape index (κ3) is 4.03. The molecule has 1 aromatic carbocycles. The molecule has 0 spiro atoms. The van der Waals surface area contributed by atoms with Gasteiger partial charge in [0.05, 0.1) is 18.4 Å². The Kier molecular flexibility index (Phi) is 5.50. The summed E-state index contributed by atoms with van der Waals surface area (Å²) in [5.41, 5.74) is 3.71. The van der Waals surface area contributed by atoms with E-state index in [-0.39, 0.29) is 25.0 Å². The third-order valence-corrected chi connectivity index (χ3v) is 5.58. The Balaban J connectivity index is 1.46. The second-order valence-electron chi connectivity index (χ2n) is 7.70. The van der Waals surface area contributed by atoms with Crippen molar-refractivity contribution in [1.82, 2.24) is 19.9 Å². The number of ether oxygens (including phenoxy) is 1. The van der Waals surface area contributed by atoms with Gasteiger partial charge < -0.3 is 19.1 Å². The van der Waals surface area contributed by atoms with Gasteiger partial charge in [-0.3, -0.25) is 4.79 Å². The van der Waals surface area contributed by atoms with E-state index < -0.39 is 5.97 Å². The first kappa shape index (κ1) is 20.6. The Morgan fingerprint density at radius 3 is 2.74 bits per heavy atom. The maximum absolute atomic E-state index is 13.0. The average molecular weight is 424 g/mol. The first-order chi connectivity index (χ1) is 14.9. The third-order valence-electron chi connectivity index (χ3n) is 5.58. The number of benzene rings is 1. The van der Waals surface area contributed by atoms with Crippen LogP contribution in [0.3, 0.4) is 0 Å². The predicted molar refractivity (Wildman–Crippen MR) is 110 cm³/mol. The minimum absolute atomic E-state index is 0.00247. The number of carbonyl (C=O) groups is 3. The lowest BCUT2D eigenvalue weighted by Crippen LogP contribution is -2.32. The van der Waals surface area contributed by atoms with E-state index in [1.807, 2.05) is 26.1 Å².